The third-order valence-electron chi connectivity index (χ3n) is 3.51. The normalized spacial score (nSPS) is 21.6. The molecule has 0 radical (unpaired) electrons. The van der Waals surface area contributed by atoms with Crippen molar-refractivity contribution in [1.82, 2.24) is 15.1 Å². The van der Waals surface area contributed by atoms with Gasteiger partial charge in [-0.1, -0.05) is 13.3 Å². The zero-order chi connectivity index (χ0) is 15.6. The maximum absolute atomic E-state index is 12.5. The van der Waals surface area contributed by atoms with Crippen LogP contribution in [0.3, 0.4) is 0 Å². The number of amides is 2. The second-order valence-corrected chi connectivity index (χ2v) is 6.29. The molecule has 2 amide bonds. The summed E-state index contributed by atoms with van der Waals surface area (Å²) in [7, 11) is 0. The average molecular weight is 312 g/mol. The summed E-state index contributed by atoms with van der Waals surface area (Å²) in [5, 5.41) is 18.8. The van der Waals surface area contributed by atoms with E-state index in [1.807, 2.05) is 13.8 Å². The van der Waals surface area contributed by atoms with Crippen molar-refractivity contribution in [3.8, 4) is 0 Å². The predicted molar refractivity (Wildman–Crippen MR) is 81.5 cm³/mol. The molecule has 2 atom stereocenters. The van der Waals surface area contributed by atoms with Crippen molar-refractivity contribution in [2.24, 2.45) is 0 Å². The van der Waals surface area contributed by atoms with E-state index in [0.717, 1.165) is 18.5 Å². The molecular formula is C13H20N4O3S. The molecule has 1 aliphatic rings. The van der Waals surface area contributed by atoms with E-state index in [4.69, 9.17) is 0 Å². The van der Waals surface area contributed by atoms with Crippen molar-refractivity contribution in [1.29, 1.82) is 0 Å². The highest BCUT2D eigenvalue weighted by molar-refractivity contribution is 8.00. The quantitative estimate of drug-likeness (QED) is 0.791. The van der Waals surface area contributed by atoms with Crippen LogP contribution in [0.2, 0.25) is 0 Å². The molecule has 0 saturated carbocycles. The first-order valence-corrected chi connectivity index (χ1v) is 7.95. The number of nitrogens with one attached hydrogen (secondary N) is 2. The lowest BCUT2D eigenvalue weighted by molar-refractivity contribution is -0.141. The minimum absolute atomic E-state index is 0.0939. The third kappa shape index (κ3) is 3.15. The monoisotopic (exact) mass is 312 g/mol. The number of carboxylic acid groups (broad SMARTS) is 1. The predicted octanol–water partition coefficient (Wildman–Crippen LogP) is 2.19. The van der Waals surface area contributed by atoms with E-state index in [1.165, 1.54) is 16.7 Å². The molecule has 1 aromatic rings. The number of carbonyl (C=O) groups is 2. The summed E-state index contributed by atoms with van der Waals surface area (Å²) in [6.07, 6.45) is 1.68. The Kier molecular flexibility index (Phi) is 4.76. The highest BCUT2D eigenvalue weighted by Gasteiger charge is 2.41. The Hall–Kier alpha value is -1.70. The molecule has 116 valence electrons. The molecule has 0 spiro atoms. The highest BCUT2D eigenvalue weighted by atomic mass is 32.2. The first kappa shape index (κ1) is 15.7. The number of aliphatic carboxylic acids is 1. The number of nitrogens with zero attached hydrogens (tertiary/aromatic N) is 2. The maximum atomic E-state index is 12.5. The SMILES string of the molecule is CCCC1SCC(C(=O)O)N1C(=O)Nc1c(C)n[nH]c1C. The van der Waals surface area contributed by atoms with Crippen molar-refractivity contribution in [3.05, 3.63) is 11.4 Å². The van der Waals surface area contributed by atoms with Crippen LogP contribution in [0, 0.1) is 13.8 Å². The van der Waals surface area contributed by atoms with Gasteiger partial charge in [0.25, 0.3) is 0 Å². The van der Waals surface area contributed by atoms with Crippen LogP contribution in [0.4, 0.5) is 10.5 Å². The van der Waals surface area contributed by atoms with Gasteiger partial charge in [-0.3, -0.25) is 10.00 Å². The van der Waals surface area contributed by atoms with Crippen LogP contribution in [0.1, 0.15) is 31.2 Å². The number of hydrogen-bond acceptors (Lipinski definition) is 4. The Bertz CT molecular complexity index is 526. The third-order valence-corrected chi connectivity index (χ3v) is 4.86. The molecular weight excluding hydrogens is 292 g/mol. The van der Waals surface area contributed by atoms with E-state index in [2.05, 4.69) is 15.5 Å². The summed E-state index contributed by atoms with van der Waals surface area (Å²) >= 11 is 1.52. The van der Waals surface area contributed by atoms with Gasteiger partial charge in [0.05, 0.1) is 22.4 Å². The molecule has 1 saturated heterocycles. The number of thioether (sulfide) groups is 1. The molecule has 3 N–H and O–H groups in total. The van der Waals surface area contributed by atoms with Gasteiger partial charge in [-0.2, -0.15) is 5.10 Å². The molecule has 7 nitrogen and oxygen atoms in total. The van der Waals surface area contributed by atoms with E-state index in [0.29, 0.717) is 17.1 Å². The number of hydrogen-bond donors (Lipinski definition) is 3. The molecule has 1 fully saturated rings. The first-order valence-electron chi connectivity index (χ1n) is 6.91. The van der Waals surface area contributed by atoms with Crippen LogP contribution >= 0.6 is 11.8 Å². The lowest BCUT2D eigenvalue weighted by Gasteiger charge is -2.27. The Labute approximate surface area is 127 Å². The van der Waals surface area contributed by atoms with Gasteiger partial charge in [0.15, 0.2) is 0 Å². The topological polar surface area (TPSA) is 98.3 Å². The van der Waals surface area contributed by atoms with Crippen molar-refractivity contribution >= 4 is 29.4 Å². The summed E-state index contributed by atoms with van der Waals surface area (Å²) in [4.78, 5) is 25.3. The summed E-state index contributed by atoms with van der Waals surface area (Å²) in [5.74, 6) is -0.534. The number of urea groups is 1. The Morgan fingerprint density at radius 1 is 1.52 bits per heavy atom. The lowest BCUT2D eigenvalue weighted by atomic mass is 10.2. The van der Waals surface area contributed by atoms with Gasteiger partial charge in [0, 0.05) is 5.75 Å². The van der Waals surface area contributed by atoms with Crippen LogP contribution in [0.5, 0.6) is 0 Å². The lowest BCUT2D eigenvalue weighted by Crippen LogP contribution is -2.47. The van der Waals surface area contributed by atoms with Gasteiger partial charge < -0.3 is 10.4 Å². The Morgan fingerprint density at radius 2 is 2.24 bits per heavy atom. The number of carbonyl (C=O) groups excluding carboxylic acids is 1. The maximum Gasteiger partial charge on any atom is 0.327 e. The van der Waals surface area contributed by atoms with Gasteiger partial charge >= 0.3 is 12.0 Å². The van der Waals surface area contributed by atoms with E-state index in [1.54, 1.807) is 6.92 Å². The Morgan fingerprint density at radius 3 is 2.76 bits per heavy atom. The minimum atomic E-state index is -0.961. The molecule has 8 heteroatoms. The van der Waals surface area contributed by atoms with Gasteiger partial charge in [0.1, 0.15) is 6.04 Å². The summed E-state index contributed by atoms with van der Waals surface area (Å²) in [6.45, 7) is 5.62. The van der Waals surface area contributed by atoms with E-state index in [9.17, 15) is 14.7 Å². The molecule has 2 unspecified atom stereocenters. The number of aromatic nitrogens is 2. The average Bonchev–Trinajstić information content (AvgIpc) is 2.97. The van der Waals surface area contributed by atoms with E-state index < -0.39 is 12.0 Å². The van der Waals surface area contributed by atoms with Crippen LogP contribution < -0.4 is 5.32 Å². The van der Waals surface area contributed by atoms with Crippen molar-refractivity contribution < 1.29 is 14.7 Å². The van der Waals surface area contributed by atoms with Crippen LogP contribution in [-0.2, 0) is 4.79 Å². The fourth-order valence-electron chi connectivity index (χ4n) is 2.40. The molecule has 1 aliphatic heterocycles. The van der Waals surface area contributed by atoms with Crippen LogP contribution in [-0.4, -0.2) is 49.4 Å². The smallest absolute Gasteiger partial charge is 0.327 e. The first-order chi connectivity index (χ1) is 9.95. The number of carboxylic acids is 1. The second kappa shape index (κ2) is 6.38. The number of H-pyrrole nitrogens is 1. The summed E-state index contributed by atoms with van der Waals surface area (Å²) < 4.78 is 0. The van der Waals surface area contributed by atoms with E-state index in [-0.39, 0.29) is 11.4 Å². The molecule has 1 aromatic heterocycles. The van der Waals surface area contributed by atoms with Crippen molar-refractivity contribution in [3.63, 3.8) is 0 Å². The molecule has 21 heavy (non-hydrogen) atoms. The fourth-order valence-corrected chi connectivity index (χ4v) is 3.92. The summed E-state index contributed by atoms with van der Waals surface area (Å²) in [5.41, 5.74) is 2.06. The van der Waals surface area contributed by atoms with Gasteiger partial charge in [-0.05, 0) is 20.3 Å². The molecule has 0 aromatic carbocycles. The molecule has 2 rings (SSSR count). The van der Waals surface area contributed by atoms with Gasteiger partial charge in [-0.15, -0.1) is 11.8 Å². The van der Waals surface area contributed by atoms with Crippen LogP contribution in [0.15, 0.2) is 0 Å². The molecule has 0 aliphatic carbocycles. The van der Waals surface area contributed by atoms with E-state index >= 15 is 0 Å². The highest BCUT2D eigenvalue weighted by Crippen LogP contribution is 2.33. The van der Waals surface area contributed by atoms with Gasteiger partial charge in [-0.25, -0.2) is 9.59 Å². The van der Waals surface area contributed by atoms with Crippen LogP contribution in [0.25, 0.3) is 0 Å². The standard InChI is InChI=1S/C13H20N4O3S/c1-4-5-10-17(9(6-21-10)12(18)19)13(20)14-11-7(2)15-16-8(11)3/h9-10H,4-6H2,1-3H3,(H,14,20)(H,15,16)(H,18,19). The number of aromatic amines is 1. The second-order valence-electron chi connectivity index (χ2n) is 5.08. The molecule has 0 bridgehead atoms. The number of anilines is 1. The summed E-state index contributed by atoms with van der Waals surface area (Å²) in [6, 6.07) is -1.16. The minimum Gasteiger partial charge on any atom is -0.480 e. The van der Waals surface area contributed by atoms with Crippen molar-refractivity contribution in [2.45, 2.75) is 45.0 Å². The zero-order valence-electron chi connectivity index (χ0n) is 12.3. The fraction of sp³-hybridized carbons (Fsp3) is 0.615. The number of aryl methyl sites for hydroxylation is 2. The number of rotatable bonds is 4. The van der Waals surface area contributed by atoms with Crippen molar-refractivity contribution in [2.75, 3.05) is 11.1 Å². The molecule has 2 heterocycles. The van der Waals surface area contributed by atoms with Gasteiger partial charge in [0.2, 0.25) is 0 Å². The largest absolute Gasteiger partial charge is 0.480 e. The Balaban J connectivity index is 2.19. The zero-order valence-corrected chi connectivity index (χ0v) is 13.2.